The van der Waals surface area contributed by atoms with E-state index in [9.17, 15) is 14.3 Å². The van der Waals surface area contributed by atoms with Gasteiger partial charge in [0.25, 0.3) is 0 Å². The molecule has 1 aromatic carbocycles. The predicted octanol–water partition coefficient (Wildman–Crippen LogP) is 3.32. The molecule has 0 radical (unpaired) electrons. The van der Waals surface area contributed by atoms with Gasteiger partial charge < -0.3 is 9.84 Å². The zero-order chi connectivity index (χ0) is 14.9. The molecule has 0 aliphatic carbocycles. The summed E-state index contributed by atoms with van der Waals surface area (Å²) in [7, 11) is 1.39. The lowest BCUT2D eigenvalue weighted by atomic mass is 9.90. The second kappa shape index (κ2) is 5.20. The zero-order valence-corrected chi connectivity index (χ0v) is 12.1. The van der Waals surface area contributed by atoms with Gasteiger partial charge in [-0.05, 0) is 32.0 Å². The fourth-order valence-corrected chi connectivity index (χ4v) is 2.58. The average Bonchev–Trinajstić information content (AvgIpc) is 2.89. The number of nitrogens with zero attached hydrogens (tertiary/aromatic N) is 1. The van der Waals surface area contributed by atoms with Crippen LogP contribution < -0.4 is 4.74 Å². The minimum Gasteiger partial charge on any atom is -0.494 e. The fourth-order valence-electron chi connectivity index (χ4n) is 1.60. The Kier molecular flexibility index (Phi) is 3.76. The highest BCUT2D eigenvalue weighted by atomic mass is 32.1. The Morgan fingerprint density at radius 1 is 1.45 bits per heavy atom. The summed E-state index contributed by atoms with van der Waals surface area (Å²) < 4.78 is 18.3. The molecule has 0 aliphatic heterocycles. The Balaban J connectivity index is 2.41. The van der Waals surface area contributed by atoms with Crippen LogP contribution in [0.15, 0.2) is 23.6 Å². The van der Waals surface area contributed by atoms with E-state index < -0.39 is 17.2 Å². The van der Waals surface area contributed by atoms with Gasteiger partial charge in [-0.3, -0.25) is 4.79 Å². The Morgan fingerprint density at radius 2 is 2.15 bits per heavy atom. The van der Waals surface area contributed by atoms with Crippen LogP contribution in [0, 0.1) is 5.82 Å². The van der Waals surface area contributed by atoms with Crippen LogP contribution >= 0.6 is 11.3 Å². The number of aromatic nitrogens is 1. The first-order chi connectivity index (χ1) is 9.36. The second-order valence-corrected chi connectivity index (χ2v) is 5.68. The summed E-state index contributed by atoms with van der Waals surface area (Å²) in [5, 5.41) is 11.5. The summed E-state index contributed by atoms with van der Waals surface area (Å²) >= 11 is 1.32. The van der Waals surface area contributed by atoms with E-state index in [0.29, 0.717) is 16.3 Å². The summed E-state index contributed by atoms with van der Waals surface area (Å²) in [6, 6.07) is 4.44. The number of ether oxygens (including phenoxy) is 1. The maximum atomic E-state index is 13.4. The third-order valence-corrected chi connectivity index (χ3v) is 3.97. The van der Waals surface area contributed by atoms with Crippen molar-refractivity contribution in [1.82, 2.24) is 4.98 Å². The minimum absolute atomic E-state index is 0.136. The van der Waals surface area contributed by atoms with Gasteiger partial charge in [-0.2, -0.15) is 0 Å². The fraction of sp³-hybridized carbons (Fsp3) is 0.286. The molecule has 2 rings (SSSR count). The first kappa shape index (κ1) is 14.5. The van der Waals surface area contributed by atoms with E-state index >= 15 is 0 Å². The Labute approximate surface area is 119 Å². The van der Waals surface area contributed by atoms with E-state index in [2.05, 4.69) is 4.98 Å². The number of hydrogen-bond donors (Lipinski definition) is 1. The molecule has 6 heteroatoms. The van der Waals surface area contributed by atoms with E-state index in [1.807, 2.05) is 0 Å². The van der Waals surface area contributed by atoms with Crippen LogP contribution in [0.3, 0.4) is 0 Å². The molecule has 0 unspecified atom stereocenters. The number of carboxylic acid groups (broad SMARTS) is 1. The highest BCUT2D eigenvalue weighted by Gasteiger charge is 2.32. The second-order valence-electron chi connectivity index (χ2n) is 4.82. The number of benzene rings is 1. The van der Waals surface area contributed by atoms with Gasteiger partial charge >= 0.3 is 5.97 Å². The van der Waals surface area contributed by atoms with Gasteiger partial charge in [-0.15, -0.1) is 11.3 Å². The van der Waals surface area contributed by atoms with Gasteiger partial charge in [0.15, 0.2) is 11.6 Å². The lowest BCUT2D eigenvalue weighted by molar-refractivity contribution is -0.142. The summed E-state index contributed by atoms with van der Waals surface area (Å²) in [6.07, 6.45) is 0. The molecule has 0 amide bonds. The van der Waals surface area contributed by atoms with Gasteiger partial charge in [-0.1, -0.05) is 0 Å². The molecule has 20 heavy (non-hydrogen) atoms. The van der Waals surface area contributed by atoms with Crippen molar-refractivity contribution in [2.24, 2.45) is 0 Å². The molecule has 0 saturated carbocycles. The molecule has 2 aromatic rings. The zero-order valence-electron chi connectivity index (χ0n) is 11.3. The maximum Gasteiger partial charge on any atom is 0.315 e. The molecule has 0 aliphatic rings. The topological polar surface area (TPSA) is 59.4 Å². The van der Waals surface area contributed by atoms with Crippen LogP contribution in [0.5, 0.6) is 5.75 Å². The molecule has 0 saturated heterocycles. The standard InChI is InChI=1S/C14H14FNO3S/c1-14(2,13(17)18)11-7-20-12(16-11)8-4-5-9(15)10(6-8)19-3/h4-7H,1-3H3,(H,17,18). The van der Waals surface area contributed by atoms with Crippen molar-refractivity contribution in [1.29, 1.82) is 0 Å². The molecule has 0 spiro atoms. The number of carboxylic acids is 1. The molecule has 0 bridgehead atoms. The number of halogens is 1. The Hall–Kier alpha value is -1.95. The lowest BCUT2D eigenvalue weighted by Crippen LogP contribution is -2.28. The molecule has 4 nitrogen and oxygen atoms in total. The molecule has 1 aromatic heterocycles. The van der Waals surface area contributed by atoms with Crippen molar-refractivity contribution in [3.05, 3.63) is 35.1 Å². The summed E-state index contributed by atoms with van der Waals surface area (Å²) in [5.41, 5.74) is 0.118. The van der Waals surface area contributed by atoms with E-state index in [1.54, 1.807) is 31.4 Å². The molecule has 0 fully saturated rings. The van der Waals surface area contributed by atoms with Crippen LogP contribution in [-0.2, 0) is 10.2 Å². The van der Waals surface area contributed by atoms with Gasteiger partial charge in [0.05, 0.1) is 12.8 Å². The molecule has 0 atom stereocenters. The number of rotatable bonds is 4. The van der Waals surface area contributed by atoms with Gasteiger partial charge in [0, 0.05) is 10.9 Å². The lowest BCUT2D eigenvalue weighted by Gasteiger charge is -2.15. The first-order valence-electron chi connectivity index (χ1n) is 5.89. The van der Waals surface area contributed by atoms with E-state index in [0.717, 1.165) is 0 Å². The highest BCUT2D eigenvalue weighted by Crippen LogP contribution is 2.32. The molecule has 1 N–H and O–H groups in total. The number of carbonyl (C=O) groups is 1. The smallest absolute Gasteiger partial charge is 0.315 e. The van der Waals surface area contributed by atoms with Crippen molar-refractivity contribution >= 4 is 17.3 Å². The maximum absolute atomic E-state index is 13.4. The van der Waals surface area contributed by atoms with Gasteiger partial charge in [0.1, 0.15) is 10.4 Å². The van der Waals surface area contributed by atoms with Crippen LogP contribution in [0.4, 0.5) is 4.39 Å². The largest absolute Gasteiger partial charge is 0.494 e. The number of thiazole rings is 1. The van der Waals surface area contributed by atoms with Crippen molar-refractivity contribution in [3.63, 3.8) is 0 Å². The van der Waals surface area contributed by atoms with Crippen molar-refractivity contribution in [3.8, 4) is 16.3 Å². The minimum atomic E-state index is -1.06. The van der Waals surface area contributed by atoms with Crippen LogP contribution in [0.2, 0.25) is 0 Å². The van der Waals surface area contributed by atoms with E-state index in [1.165, 1.54) is 24.5 Å². The normalized spacial score (nSPS) is 11.4. The molecule has 1 heterocycles. The number of methoxy groups -OCH3 is 1. The summed E-state index contributed by atoms with van der Waals surface area (Å²) in [5.74, 6) is -1.25. The number of hydrogen-bond acceptors (Lipinski definition) is 4. The number of aliphatic carboxylic acids is 1. The van der Waals surface area contributed by atoms with Gasteiger partial charge in [0.2, 0.25) is 0 Å². The summed E-state index contributed by atoms with van der Waals surface area (Å²) in [4.78, 5) is 15.5. The predicted molar refractivity (Wildman–Crippen MR) is 74.7 cm³/mol. The Bertz CT molecular complexity index is 652. The summed E-state index contributed by atoms with van der Waals surface area (Å²) in [6.45, 7) is 3.19. The van der Waals surface area contributed by atoms with Crippen LogP contribution in [0.1, 0.15) is 19.5 Å². The monoisotopic (exact) mass is 295 g/mol. The quantitative estimate of drug-likeness (QED) is 0.940. The molecule has 106 valence electrons. The van der Waals surface area contributed by atoms with Crippen molar-refractivity contribution < 1.29 is 19.0 Å². The third kappa shape index (κ3) is 2.51. The van der Waals surface area contributed by atoms with Crippen LogP contribution in [-0.4, -0.2) is 23.2 Å². The Morgan fingerprint density at radius 3 is 2.75 bits per heavy atom. The van der Waals surface area contributed by atoms with E-state index in [-0.39, 0.29) is 5.75 Å². The van der Waals surface area contributed by atoms with Gasteiger partial charge in [-0.25, -0.2) is 9.37 Å². The average molecular weight is 295 g/mol. The SMILES string of the molecule is COc1cc(-c2nc(C(C)(C)C(=O)O)cs2)ccc1F. The highest BCUT2D eigenvalue weighted by molar-refractivity contribution is 7.13. The third-order valence-electron chi connectivity index (χ3n) is 3.08. The molecular weight excluding hydrogens is 281 g/mol. The van der Waals surface area contributed by atoms with E-state index in [4.69, 9.17) is 4.74 Å². The van der Waals surface area contributed by atoms with Crippen molar-refractivity contribution in [2.45, 2.75) is 19.3 Å². The first-order valence-corrected chi connectivity index (χ1v) is 6.77. The molecular formula is C14H14FNO3S. The van der Waals surface area contributed by atoms with Crippen LogP contribution in [0.25, 0.3) is 10.6 Å². The van der Waals surface area contributed by atoms with Crippen molar-refractivity contribution in [2.75, 3.05) is 7.11 Å².